The molecule has 0 spiro atoms. The molecule has 0 radical (unpaired) electrons. The summed E-state index contributed by atoms with van der Waals surface area (Å²) in [4.78, 5) is 12.1. The maximum absolute atomic E-state index is 12.1. The smallest absolute Gasteiger partial charge is 0.338 e. The third-order valence-electron chi connectivity index (χ3n) is 4.06. The van der Waals surface area contributed by atoms with Crippen molar-refractivity contribution in [3.05, 3.63) is 47.1 Å². The average Bonchev–Trinajstić information content (AvgIpc) is 3.00. The van der Waals surface area contributed by atoms with Gasteiger partial charge in [-0.3, -0.25) is 0 Å². The number of esters is 1. The number of carbonyl (C=O) groups is 1. The van der Waals surface area contributed by atoms with Gasteiger partial charge >= 0.3 is 5.97 Å². The van der Waals surface area contributed by atoms with E-state index in [9.17, 15) is 4.79 Å². The van der Waals surface area contributed by atoms with E-state index in [1.165, 1.54) is 12.7 Å². The molecule has 0 bridgehead atoms. The Balaban J connectivity index is 2.03. The quantitative estimate of drug-likeness (QED) is 0.801. The van der Waals surface area contributed by atoms with Crippen molar-refractivity contribution in [2.45, 2.75) is 6.42 Å². The zero-order valence-electron chi connectivity index (χ0n) is 12.2. The second-order valence-electron chi connectivity index (χ2n) is 5.25. The molecule has 1 aliphatic heterocycles. The first-order valence-electron chi connectivity index (χ1n) is 6.97. The van der Waals surface area contributed by atoms with E-state index in [0.29, 0.717) is 18.1 Å². The van der Waals surface area contributed by atoms with Gasteiger partial charge in [0.15, 0.2) is 0 Å². The van der Waals surface area contributed by atoms with E-state index in [4.69, 9.17) is 14.2 Å². The molecule has 4 nitrogen and oxygen atoms in total. The van der Waals surface area contributed by atoms with Gasteiger partial charge in [-0.15, -0.1) is 0 Å². The maximum atomic E-state index is 12.1. The number of methoxy groups -OCH3 is 2. The highest BCUT2D eigenvalue weighted by atomic mass is 16.5. The molecule has 1 saturated heterocycles. The fourth-order valence-corrected chi connectivity index (χ4v) is 2.88. The van der Waals surface area contributed by atoms with Gasteiger partial charge in [0.25, 0.3) is 0 Å². The molecule has 3 rings (SSSR count). The zero-order valence-corrected chi connectivity index (χ0v) is 12.2. The minimum Gasteiger partial charge on any atom is -0.497 e. The van der Waals surface area contributed by atoms with Crippen molar-refractivity contribution in [3.8, 4) is 5.75 Å². The Morgan fingerprint density at radius 1 is 1.24 bits per heavy atom. The summed E-state index contributed by atoms with van der Waals surface area (Å²) < 4.78 is 15.6. The molecule has 4 heteroatoms. The summed E-state index contributed by atoms with van der Waals surface area (Å²) in [5, 5.41) is 0. The Kier molecular flexibility index (Phi) is 3.80. The third-order valence-corrected chi connectivity index (χ3v) is 4.06. The molecule has 1 aliphatic carbocycles. The molecule has 1 fully saturated rings. The summed E-state index contributed by atoms with van der Waals surface area (Å²) in [6.45, 7) is 1.33. The summed E-state index contributed by atoms with van der Waals surface area (Å²) >= 11 is 0. The van der Waals surface area contributed by atoms with E-state index in [-0.39, 0.29) is 5.97 Å². The van der Waals surface area contributed by atoms with E-state index in [2.05, 4.69) is 0 Å². The summed E-state index contributed by atoms with van der Waals surface area (Å²) in [5.41, 5.74) is 3.87. The molecule has 1 atom stereocenters. The van der Waals surface area contributed by atoms with E-state index in [1.807, 2.05) is 30.3 Å². The molecular formula is C17H18O4. The Hall–Kier alpha value is -2.07. The minimum atomic E-state index is -0.293. The Bertz CT molecular complexity index is 610. The standard InChI is InChI=1S/C17H18O4/c1-19-14-5-3-11(4-6-14)15-7-12-9-21-10-13(12)8-16(15)17(18)20-2/h3-6,8,12H,7,9-10H2,1-2H3. The fourth-order valence-electron chi connectivity index (χ4n) is 2.88. The van der Waals surface area contributed by atoms with E-state index >= 15 is 0 Å². The molecule has 0 saturated carbocycles. The topological polar surface area (TPSA) is 44.8 Å². The van der Waals surface area contributed by atoms with Crippen molar-refractivity contribution in [1.29, 1.82) is 0 Å². The number of carbonyl (C=O) groups excluding carboxylic acids is 1. The zero-order chi connectivity index (χ0) is 14.8. The second-order valence-corrected chi connectivity index (χ2v) is 5.25. The molecule has 1 aromatic rings. The highest BCUT2D eigenvalue weighted by molar-refractivity contribution is 6.01. The number of allylic oxidation sites excluding steroid dienone is 1. The lowest BCUT2D eigenvalue weighted by molar-refractivity contribution is -0.135. The Morgan fingerprint density at radius 2 is 2.00 bits per heavy atom. The number of rotatable bonds is 3. The van der Waals surface area contributed by atoms with Crippen LogP contribution in [0.4, 0.5) is 0 Å². The summed E-state index contributed by atoms with van der Waals surface area (Å²) in [6.07, 6.45) is 2.75. The van der Waals surface area contributed by atoms with Gasteiger partial charge in [-0.05, 0) is 41.3 Å². The van der Waals surface area contributed by atoms with E-state index in [1.54, 1.807) is 7.11 Å². The molecule has 0 N–H and O–H groups in total. The number of hydrogen-bond acceptors (Lipinski definition) is 4. The fraction of sp³-hybridized carbons (Fsp3) is 0.353. The molecule has 1 heterocycles. The number of benzene rings is 1. The van der Waals surface area contributed by atoms with Gasteiger partial charge in [0.1, 0.15) is 5.75 Å². The SMILES string of the molecule is COC(=O)C1=C(c2ccc(OC)cc2)CC2COCC2=C1. The lowest BCUT2D eigenvalue weighted by Crippen LogP contribution is -2.15. The molecule has 0 amide bonds. The summed E-state index contributed by atoms with van der Waals surface area (Å²) in [6, 6.07) is 7.76. The van der Waals surface area contributed by atoms with Gasteiger partial charge in [-0.2, -0.15) is 0 Å². The molecule has 1 aromatic carbocycles. The lowest BCUT2D eigenvalue weighted by Gasteiger charge is -2.22. The molecular weight excluding hydrogens is 268 g/mol. The third kappa shape index (κ3) is 2.59. The Labute approximate surface area is 124 Å². The van der Waals surface area contributed by atoms with Crippen LogP contribution < -0.4 is 4.74 Å². The predicted octanol–water partition coefficient (Wildman–Crippen LogP) is 2.60. The van der Waals surface area contributed by atoms with Gasteiger partial charge in [-0.25, -0.2) is 4.79 Å². The average molecular weight is 286 g/mol. The van der Waals surface area contributed by atoms with Crippen molar-refractivity contribution >= 4 is 11.5 Å². The first-order valence-corrected chi connectivity index (χ1v) is 6.97. The largest absolute Gasteiger partial charge is 0.497 e. The Morgan fingerprint density at radius 3 is 2.67 bits per heavy atom. The molecule has 1 unspecified atom stereocenters. The van der Waals surface area contributed by atoms with Crippen molar-refractivity contribution in [1.82, 2.24) is 0 Å². The van der Waals surface area contributed by atoms with Gasteiger partial charge in [0.05, 0.1) is 33.0 Å². The summed E-state index contributed by atoms with van der Waals surface area (Å²) in [7, 11) is 3.05. The number of ether oxygens (including phenoxy) is 3. The lowest BCUT2D eigenvalue weighted by atomic mass is 9.82. The van der Waals surface area contributed by atoms with Crippen LogP contribution in [0.25, 0.3) is 5.57 Å². The van der Waals surface area contributed by atoms with Crippen LogP contribution in [0.5, 0.6) is 5.75 Å². The van der Waals surface area contributed by atoms with Gasteiger partial charge in [-0.1, -0.05) is 12.1 Å². The predicted molar refractivity (Wildman–Crippen MR) is 78.9 cm³/mol. The first-order chi connectivity index (χ1) is 10.2. The minimum absolute atomic E-state index is 0.293. The van der Waals surface area contributed by atoms with Crippen LogP contribution in [0.2, 0.25) is 0 Å². The van der Waals surface area contributed by atoms with Crippen molar-refractivity contribution in [2.75, 3.05) is 27.4 Å². The van der Waals surface area contributed by atoms with Crippen LogP contribution in [0, 0.1) is 5.92 Å². The van der Waals surface area contributed by atoms with Crippen LogP contribution in [0.1, 0.15) is 12.0 Å². The van der Waals surface area contributed by atoms with E-state index in [0.717, 1.165) is 29.9 Å². The second kappa shape index (κ2) is 5.74. The first kappa shape index (κ1) is 13.9. The van der Waals surface area contributed by atoms with Crippen LogP contribution in [0.15, 0.2) is 41.5 Å². The van der Waals surface area contributed by atoms with E-state index < -0.39 is 0 Å². The van der Waals surface area contributed by atoms with Gasteiger partial charge < -0.3 is 14.2 Å². The normalized spacial score (nSPS) is 20.9. The van der Waals surface area contributed by atoms with Crippen LogP contribution in [-0.2, 0) is 14.3 Å². The highest BCUT2D eigenvalue weighted by Crippen LogP contribution is 2.39. The maximum Gasteiger partial charge on any atom is 0.338 e. The van der Waals surface area contributed by atoms with Crippen molar-refractivity contribution in [3.63, 3.8) is 0 Å². The molecule has 21 heavy (non-hydrogen) atoms. The number of hydrogen-bond donors (Lipinski definition) is 0. The summed E-state index contributed by atoms with van der Waals surface area (Å²) in [5.74, 6) is 0.879. The molecule has 2 aliphatic rings. The molecule has 0 aromatic heterocycles. The van der Waals surface area contributed by atoms with Crippen molar-refractivity contribution in [2.24, 2.45) is 5.92 Å². The highest BCUT2D eigenvalue weighted by Gasteiger charge is 2.30. The van der Waals surface area contributed by atoms with Crippen LogP contribution >= 0.6 is 0 Å². The van der Waals surface area contributed by atoms with Crippen LogP contribution in [-0.4, -0.2) is 33.4 Å². The van der Waals surface area contributed by atoms with Gasteiger partial charge in [0, 0.05) is 5.92 Å². The van der Waals surface area contributed by atoms with Crippen LogP contribution in [0.3, 0.4) is 0 Å². The van der Waals surface area contributed by atoms with Crippen molar-refractivity contribution < 1.29 is 19.0 Å². The molecule has 110 valence electrons. The van der Waals surface area contributed by atoms with Gasteiger partial charge in [0.2, 0.25) is 0 Å². The number of fused-ring (bicyclic) bond motifs is 1. The monoisotopic (exact) mass is 286 g/mol.